The number of nitrogens with one attached hydrogen (secondary N) is 1. The van der Waals surface area contributed by atoms with Gasteiger partial charge in [0.1, 0.15) is 6.61 Å². The van der Waals surface area contributed by atoms with Crippen molar-refractivity contribution >= 4 is 23.5 Å². The quantitative estimate of drug-likeness (QED) is 0.456. The van der Waals surface area contributed by atoms with Gasteiger partial charge < -0.3 is 20.7 Å². The Morgan fingerprint density at radius 1 is 1.58 bits per heavy atom. The van der Waals surface area contributed by atoms with E-state index in [9.17, 15) is 4.79 Å². The van der Waals surface area contributed by atoms with Gasteiger partial charge in [0.05, 0.1) is 11.6 Å². The molecule has 1 aromatic rings. The number of amides is 1. The summed E-state index contributed by atoms with van der Waals surface area (Å²) in [5.41, 5.74) is 5.31. The number of halogens is 1. The van der Waals surface area contributed by atoms with Crippen LogP contribution in [0.5, 0.6) is 5.88 Å². The van der Waals surface area contributed by atoms with Crippen LogP contribution in [-0.4, -0.2) is 55.0 Å². The van der Waals surface area contributed by atoms with Gasteiger partial charge in [0.15, 0.2) is 5.96 Å². The number of primary amides is 1. The van der Waals surface area contributed by atoms with Crippen LogP contribution in [0.3, 0.4) is 0 Å². The first kappa shape index (κ1) is 18.3. The Labute approximate surface area is 147 Å². The van der Waals surface area contributed by atoms with Crippen molar-refractivity contribution in [3.63, 3.8) is 0 Å². The first-order chi connectivity index (χ1) is 11.6. The minimum Gasteiger partial charge on any atom is -0.476 e. The second kappa shape index (κ2) is 9.32. The maximum Gasteiger partial charge on any atom is 0.217 e. The Morgan fingerprint density at radius 3 is 3.08 bits per heavy atom. The number of likely N-dealkylation sites (tertiary alicyclic amines) is 1. The molecule has 3 N–H and O–H groups in total. The van der Waals surface area contributed by atoms with Gasteiger partial charge in [-0.15, -0.1) is 0 Å². The molecule has 0 spiro atoms. The Morgan fingerprint density at radius 2 is 2.42 bits per heavy atom. The number of carbonyl (C=O) groups excluding carboxylic acids is 1. The van der Waals surface area contributed by atoms with Crippen LogP contribution >= 0.6 is 11.6 Å². The molecule has 0 aromatic carbocycles. The Balaban J connectivity index is 1.75. The number of rotatable bonds is 6. The number of piperidine rings is 1. The zero-order valence-corrected chi connectivity index (χ0v) is 14.6. The van der Waals surface area contributed by atoms with Crippen LogP contribution in [-0.2, 0) is 4.79 Å². The lowest BCUT2D eigenvalue weighted by atomic mass is 9.95. The van der Waals surface area contributed by atoms with Gasteiger partial charge in [-0.2, -0.15) is 0 Å². The molecule has 1 aliphatic heterocycles. The van der Waals surface area contributed by atoms with Gasteiger partial charge in [-0.3, -0.25) is 9.79 Å². The summed E-state index contributed by atoms with van der Waals surface area (Å²) in [6, 6.07) is 3.47. The van der Waals surface area contributed by atoms with Crippen molar-refractivity contribution in [1.29, 1.82) is 0 Å². The molecule has 1 aromatic heterocycles. The molecule has 0 radical (unpaired) electrons. The number of carbonyl (C=O) groups is 1. The Kier molecular flexibility index (Phi) is 7.11. The standard InChI is InChI=1S/C16H24ClN5O2/c1-19-16(22-7-2-3-12(11-22)9-14(18)23)20-6-8-24-15-5-4-13(17)10-21-15/h4-5,10,12H,2-3,6-9,11H2,1H3,(H2,18,23)(H,19,20). The number of nitrogens with zero attached hydrogens (tertiary/aromatic N) is 3. The van der Waals surface area contributed by atoms with Gasteiger partial charge in [0.2, 0.25) is 11.8 Å². The van der Waals surface area contributed by atoms with Crippen LogP contribution in [0, 0.1) is 5.92 Å². The van der Waals surface area contributed by atoms with Crippen molar-refractivity contribution < 1.29 is 9.53 Å². The van der Waals surface area contributed by atoms with E-state index in [2.05, 4.69) is 20.2 Å². The van der Waals surface area contributed by atoms with Crippen LogP contribution in [0.15, 0.2) is 23.3 Å². The highest BCUT2D eigenvalue weighted by molar-refractivity contribution is 6.30. The van der Waals surface area contributed by atoms with E-state index in [1.54, 1.807) is 25.4 Å². The molecule has 1 unspecified atom stereocenters. The third-order valence-electron chi connectivity index (χ3n) is 3.86. The minimum absolute atomic E-state index is 0.242. The summed E-state index contributed by atoms with van der Waals surface area (Å²) < 4.78 is 5.55. The summed E-state index contributed by atoms with van der Waals surface area (Å²) in [5.74, 6) is 1.41. The normalized spacial score (nSPS) is 18.3. The molecule has 24 heavy (non-hydrogen) atoms. The van der Waals surface area contributed by atoms with Gasteiger partial charge in [-0.25, -0.2) is 4.98 Å². The average molecular weight is 354 g/mol. The Bertz CT molecular complexity index is 564. The maximum absolute atomic E-state index is 11.1. The highest BCUT2D eigenvalue weighted by Crippen LogP contribution is 2.19. The molecule has 2 heterocycles. The number of ether oxygens (including phenoxy) is 1. The van der Waals surface area contributed by atoms with Crippen LogP contribution in [0.4, 0.5) is 0 Å². The molecule has 132 valence electrons. The average Bonchev–Trinajstić information content (AvgIpc) is 2.56. The number of hydrogen-bond acceptors (Lipinski definition) is 4. The highest BCUT2D eigenvalue weighted by atomic mass is 35.5. The highest BCUT2D eigenvalue weighted by Gasteiger charge is 2.23. The lowest BCUT2D eigenvalue weighted by Gasteiger charge is -2.34. The molecule has 7 nitrogen and oxygen atoms in total. The topological polar surface area (TPSA) is 92.8 Å². The Hall–Kier alpha value is -2.02. The molecule has 1 fully saturated rings. The SMILES string of the molecule is CN=C(NCCOc1ccc(Cl)cn1)N1CCCC(CC(N)=O)C1. The van der Waals surface area contributed by atoms with Gasteiger partial charge in [-0.1, -0.05) is 11.6 Å². The molecular weight excluding hydrogens is 330 g/mol. The van der Waals surface area contributed by atoms with E-state index in [0.717, 1.165) is 31.9 Å². The fourth-order valence-corrected chi connectivity index (χ4v) is 2.92. The van der Waals surface area contributed by atoms with Crippen LogP contribution in [0.2, 0.25) is 5.02 Å². The summed E-state index contributed by atoms with van der Waals surface area (Å²) in [7, 11) is 1.75. The van der Waals surface area contributed by atoms with E-state index in [4.69, 9.17) is 22.1 Å². The van der Waals surface area contributed by atoms with Gasteiger partial charge in [-0.05, 0) is 24.8 Å². The molecule has 1 atom stereocenters. The molecule has 1 amide bonds. The van der Waals surface area contributed by atoms with Crippen LogP contribution in [0.25, 0.3) is 0 Å². The second-order valence-corrected chi connectivity index (χ2v) is 6.20. The largest absolute Gasteiger partial charge is 0.476 e. The number of guanidine groups is 1. The molecule has 0 bridgehead atoms. The van der Waals surface area contributed by atoms with Crippen molar-refractivity contribution in [1.82, 2.24) is 15.2 Å². The lowest BCUT2D eigenvalue weighted by Crippen LogP contribution is -2.48. The summed E-state index contributed by atoms with van der Waals surface area (Å²) >= 11 is 5.78. The van der Waals surface area contributed by atoms with Crippen molar-refractivity contribution in [2.45, 2.75) is 19.3 Å². The number of aromatic nitrogens is 1. The molecule has 2 rings (SSSR count). The zero-order chi connectivity index (χ0) is 17.4. The smallest absolute Gasteiger partial charge is 0.217 e. The van der Waals surface area contributed by atoms with Crippen molar-refractivity contribution in [2.75, 3.05) is 33.3 Å². The molecule has 8 heteroatoms. The molecular formula is C16H24ClN5O2. The van der Waals surface area contributed by atoms with Gasteiger partial charge >= 0.3 is 0 Å². The minimum atomic E-state index is -0.242. The summed E-state index contributed by atoms with van der Waals surface area (Å²) in [6.45, 7) is 2.79. The van der Waals surface area contributed by atoms with E-state index < -0.39 is 0 Å². The third kappa shape index (κ3) is 5.88. The van der Waals surface area contributed by atoms with E-state index in [-0.39, 0.29) is 5.91 Å². The first-order valence-corrected chi connectivity index (χ1v) is 8.44. The predicted octanol–water partition coefficient (Wildman–Crippen LogP) is 1.28. The lowest BCUT2D eigenvalue weighted by molar-refractivity contribution is -0.119. The molecule has 0 saturated carbocycles. The summed E-state index contributed by atoms with van der Waals surface area (Å²) in [5, 5.41) is 3.86. The van der Waals surface area contributed by atoms with Crippen molar-refractivity contribution in [3.8, 4) is 5.88 Å². The maximum atomic E-state index is 11.1. The van der Waals surface area contributed by atoms with Gasteiger partial charge in [0.25, 0.3) is 0 Å². The monoisotopic (exact) mass is 353 g/mol. The van der Waals surface area contributed by atoms with E-state index in [1.807, 2.05) is 0 Å². The summed E-state index contributed by atoms with van der Waals surface area (Å²) in [4.78, 5) is 21.7. The predicted molar refractivity (Wildman–Crippen MR) is 94.2 cm³/mol. The van der Waals surface area contributed by atoms with E-state index >= 15 is 0 Å². The van der Waals surface area contributed by atoms with Crippen LogP contribution in [0.1, 0.15) is 19.3 Å². The van der Waals surface area contributed by atoms with Crippen molar-refractivity contribution in [2.24, 2.45) is 16.6 Å². The van der Waals surface area contributed by atoms with Crippen molar-refractivity contribution in [3.05, 3.63) is 23.4 Å². The summed E-state index contributed by atoms with van der Waals surface area (Å²) in [6.07, 6.45) is 4.04. The zero-order valence-electron chi connectivity index (χ0n) is 13.9. The van der Waals surface area contributed by atoms with E-state index in [0.29, 0.717) is 36.4 Å². The number of aliphatic imine (C=N–C) groups is 1. The molecule has 1 saturated heterocycles. The van der Waals surface area contributed by atoms with Gasteiger partial charge in [0, 0.05) is 38.8 Å². The third-order valence-corrected chi connectivity index (χ3v) is 4.08. The number of nitrogens with two attached hydrogens (primary N) is 1. The van der Waals surface area contributed by atoms with E-state index in [1.165, 1.54) is 0 Å². The van der Waals surface area contributed by atoms with Crippen LogP contribution < -0.4 is 15.8 Å². The number of pyridine rings is 1. The molecule has 1 aliphatic rings. The second-order valence-electron chi connectivity index (χ2n) is 5.76. The fraction of sp³-hybridized carbons (Fsp3) is 0.562. The molecule has 0 aliphatic carbocycles. The number of hydrogen-bond donors (Lipinski definition) is 2. The first-order valence-electron chi connectivity index (χ1n) is 8.06. The fourth-order valence-electron chi connectivity index (χ4n) is 2.81.